The van der Waals surface area contributed by atoms with E-state index < -0.39 is 0 Å². The summed E-state index contributed by atoms with van der Waals surface area (Å²) in [5.74, 6) is -0.184. The molecule has 2 N–H and O–H groups in total. The molecule has 1 aromatic heterocycles. The van der Waals surface area contributed by atoms with Crippen molar-refractivity contribution in [2.45, 2.75) is 58.6 Å². The summed E-state index contributed by atoms with van der Waals surface area (Å²) in [6, 6.07) is 5.93. The van der Waals surface area contributed by atoms with Crippen LogP contribution in [0.3, 0.4) is 0 Å². The number of nitrogens with zero attached hydrogens (tertiary/aromatic N) is 2. The Morgan fingerprint density at radius 2 is 1.93 bits per heavy atom. The molecular formula is C22H28N4O3. The van der Waals surface area contributed by atoms with Crippen LogP contribution in [0.5, 0.6) is 0 Å². The highest BCUT2D eigenvalue weighted by Crippen LogP contribution is 2.23. The molecule has 2 aliphatic heterocycles. The van der Waals surface area contributed by atoms with Gasteiger partial charge in [0.1, 0.15) is 0 Å². The van der Waals surface area contributed by atoms with Crippen LogP contribution in [0.2, 0.25) is 0 Å². The monoisotopic (exact) mass is 396 g/mol. The molecule has 2 aromatic rings. The number of hydrogen-bond donors (Lipinski definition) is 2. The lowest BCUT2D eigenvalue weighted by atomic mass is 10.1. The van der Waals surface area contributed by atoms with Crippen molar-refractivity contribution in [1.29, 1.82) is 0 Å². The zero-order chi connectivity index (χ0) is 20.4. The molecule has 29 heavy (non-hydrogen) atoms. The Bertz CT molecular complexity index is 908. The Labute approximate surface area is 170 Å². The Hall–Kier alpha value is -2.67. The molecule has 0 aliphatic carbocycles. The number of benzene rings is 1. The van der Waals surface area contributed by atoms with Gasteiger partial charge in [0.25, 0.3) is 11.8 Å². The fourth-order valence-corrected chi connectivity index (χ4v) is 4.23. The molecule has 7 nitrogen and oxygen atoms in total. The lowest BCUT2D eigenvalue weighted by molar-refractivity contribution is 0.0845. The summed E-state index contributed by atoms with van der Waals surface area (Å²) in [4.78, 5) is 30.2. The molecule has 1 atom stereocenters. The standard InChI is InChI=1S/C22H28N4O3/c1-14-10-15(2)12-16(11-14)24-21(27)19-18-7-3-4-8-26(18)20(25-19)22(28)23-13-17-6-5-9-29-17/h10-12,17H,3-9,13H2,1-2H3,(H,23,28)(H,24,27). The van der Waals surface area contributed by atoms with Crippen molar-refractivity contribution >= 4 is 17.5 Å². The fourth-order valence-electron chi connectivity index (χ4n) is 4.23. The highest BCUT2D eigenvalue weighted by Gasteiger charge is 2.28. The summed E-state index contributed by atoms with van der Waals surface area (Å²) in [7, 11) is 0. The number of aromatic nitrogens is 2. The second-order valence-electron chi connectivity index (χ2n) is 8.02. The highest BCUT2D eigenvalue weighted by molar-refractivity contribution is 6.05. The summed E-state index contributed by atoms with van der Waals surface area (Å²) in [5, 5.41) is 5.88. The van der Waals surface area contributed by atoms with Crippen molar-refractivity contribution in [1.82, 2.24) is 14.9 Å². The van der Waals surface area contributed by atoms with Gasteiger partial charge in [-0.25, -0.2) is 4.98 Å². The minimum Gasteiger partial charge on any atom is -0.376 e. The molecule has 0 radical (unpaired) electrons. The van der Waals surface area contributed by atoms with Crippen molar-refractivity contribution in [2.24, 2.45) is 0 Å². The third kappa shape index (κ3) is 4.34. The normalized spacial score (nSPS) is 18.3. The zero-order valence-corrected chi connectivity index (χ0v) is 17.1. The molecule has 0 spiro atoms. The Morgan fingerprint density at radius 3 is 2.66 bits per heavy atom. The number of imidazole rings is 1. The summed E-state index contributed by atoms with van der Waals surface area (Å²) >= 11 is 0. The Kier molecular flexibility index (Phi) is 5.67. The van der Waals surface area contributed by atoms with Gasteiger partial charge in [0, 0.05) is 25.4 Å². The summed E-state index contributed by atoms with van der Waals surface area (Å²) in [6.07, 6.45) is 4.79. The van der Waals surface area contributed by atoms with E-state index in [9.17, 15) is 9.59 Å². The highest BCUT2D eigenvalue weighted by atomic mass is 16.5. The third-order valence-electron chi connectivity index (χ3n) is 5.53. The van der Waals surface area contributed by atoms with E-state index in [0.717, 1.165) is 61.2 Å². The topological polar surface area (TPSA) is 85.2 Å². The average molecular weight is 396 g/mol. The van der Waals surface area contributed by atoms with E-state index in [1.54, 1.807) is 0 Å². The number of amides is 2. The van der Waals surface area contributed by atoms with E-state index in [0.29, 0.717) is 24.6 Å². The van der Waals surface area contributed by atoms with Crippen LogP contribution in [0.4, 0.5) is 5.69 Å². The lowest BCUT2D eigenvalue weighted by Gasteiger charge is -2.17. The first-order chi connectivity index (χ1) is 14.0. The number of aryl methyl sites for hydroxylation is 2. The predicted octanol–water partition coefficient (Wildman–Crippen LogP) is 3.00. The van der Waals surface area contributed by atoms with Crippen LogP contribution >= 0.6 is 0 Å². The summed E-state index contributed by atoms with van der Waals surface area (Å²) < 4.78 is 7.48. The Morgan fingerprint density at radius 1 is 1.14 bits per heavy atom. The molecule has 1 aromatic carbocycles. The van der Waals surface area contributed by atoms with E-state index in [1.165, 1.54) is 0 Å². The minimum absolute atomic E-state index is 0.0714. The molecule has 2 amide bonds. The van der Waals surface area contributed by atoms with Gasteiger partial charge in [-0.1, -0.05) is 6.07 Å². The SMILES string of the molecule is Cc1cc(C)cc(NC(=O)c2nc(C(=O)NCC3CCCO3)n3c2CCCC3)c1. The molecule has 154 valence electrons. The van der Waals surface area contributed by atoms with E-state index in [1.807, 2.05) is 30.5 Å². The first-order valence-electron chi connectivity index (χ1n) is 10.4. The van der Waals surface area contributed by atoms with Crippen LogP contribution in [-0.4, -0.2) is 40.6 Å². The number of nitrogens with one attached hydrogen (secondary N) is 2. The van der Waals surface area contributed by atoms with Crippen LogP contribution < -0.4 is 10.6 Å². The first kappa shape index (κ1) is 19.6. The quantitative estimate of drug-likeness (QED) is 0.814. The third-order valence-corrected chi connectivity index (χ3v) is 5.53. The molecule has 2 aliphatic rings. The average Bonchev–Trinajstić information content (AvgIpc) is 3.33. The number of carbonyl (C=O) groups is 2. The number of fused-ring (bicyclic) bond motifs is 1. The second-order valence-corrected chi connectivity index (χ2v) is 8.02. The number of anilines is 1. The molecule has 0 bridgehead atoms. The molecular weight excluding hydrogens is 368 g/mol. The zero-order valence-electron chi connectivity index (χ0n) is 17.1. The van der Waals surface area contributed by atoms with Crippen LogP contribution in [0, 0.1) is 13.8 Å². The van der Waals surface area contributed by atoms with Crippen LogP contribution in [0.1, 0.15) is 63.6 Å². The van der Waals surface area contributed by atoms with Crippen molar-refractivity contribution in [3.05, 3.63) is 46.5 Å². The van der Waals surface area contributed by atoms with E-state index >= 15 is 0 Å². The fraction of sp³-hybridized carbons (Fsp3) is 0.500. The number of hydrogen-bond acceptors (Lipinski definition) is 4. The minimum atomic E-state index is -0.265. The molecule has 7 heteroatoms. The largest absolute Gasteiger partial charge is 0.376 e. The van der Waals surface area contributed by atoms with Crippen molar-refractivity contribution in [3.8, 4) is 0 Å². The first-order valence-corrected chi connectivity index (χ1v) is 10.4. The second kappa shape index (κ2) is 8.37. The van der Waals surface area contributed by atoms with Crippen LogP contribution in [-0.2, 0) is 17.7 Å². The van der Waals surface area contributed by atoms with Gasteiger partial charge in [-0.05, 0) is 69.2 Å². The van der Waals surface area contributed by atoms with Gasteiger partial charge in [0.05, 0.1) is 11.8 Å². The van der Waals surface area contributed by atoms with E-state index in [2.05, 4.69) is 21.7 Å². The van der Waals surface area contributed by atoms with Crippen molar-refractivity contribution < 1.29 is 14.3 Å². The number of carbonyl (C=O) groups excluding carboxylic acids is 2. The molecule has 3 heterocycles. The van der Waals surface area contributed by atoms with Gasteiger partial charge in [-0.3, -0.25) is 9.59 Å². The van der Waals surface area contributed by atoms with Crippen LogP contribution in [0.15, 0.2) is 18.2 Å². The molecule has 0 saturated carbocycles. The maximum absolute atomic E-state index is 13.0. The molecule has 4 rings (SSSR count). The van der Waals surface area contributed by atoms with Crippen molar-refractivity contribution in [2.75, 3.05) is 18.5 Å². The van der Waals surface area contributed by atoms with Gasteiger partial charge in [-0.15, -0.1) is 0 Å². The maximum Gasteiger partial charge on any atom is 0.287 e. The van der Waals surface area contributed by atoms with Crippen molar-refractivity contribution in [3.63, 3.8) is 0 Å². The van der Waals surface area contributed by atoms with Gasteiger partial charge in [0.15, 0.2) is 11.5 Å². The smallest absolute Gasteiger partial charge is 0.287 e. The van der Waals surface area contributed by atoms with Gasteiger partial charge >= 0.3 is 0 Å². The van der Waals surface area contributed by atoms with Gasteiger partial charge in [-0.2, -0.15) is 0 Å². The van der Waals surface area contributed by atoms with Gasteiger partial charge < -0.3 is 19.9 Å². The number of rotatable bonds is 5. The lowest BCUT2D eigenvalue weighted by Crippen LogP contribution is -2.34. The summed E-state index contributed by atoms with van der Waals surface area (Å²) in [6.45, 7) is 5.93. The molecule has 1 unspecified atom stereocenters. The Balaban J connectivity index is 1.55. The maximum atomic E-state index is 13.0. The van der Waals surface area contributed by atoms with E-state index in [4.69, 9.17) is 4.74 Å². The molecule has 1 saturated heterocycles. The summed E-state index contributed by atoms with van der Waals surface area (Å²) in [5.41, 5.74) is 4.11. The predicted molar refractivity (Wildman–Crippen MR) is 110 cm³/mol. The van der Waals surface area contributed by atoms with E-state index in [-0.39, 0.29) is 17.9 Å². The number of ether oxygens (including phenoxy) is 1. The molecule has 1 fully saturated rings. The van der Waals surface area contributed by atoms with Crippen LogP contribution in [0.25, 0.3) is 0 Å². The van der Waals surface area contributed by atoms with Gasteiger partial charge in [0.2, 0.25) is 0 Å².